The Morgan fingerprint density at radius 1 is 1.29 bits per heavy atom. The van der Waals surface area contributed by atoms with Crippen molar-refractivity contribution in [3.05, 3.63) is 0 Å². The number of aliphatic carboxylic acids is 1. The molecule has 1 saturated heterocycles. The first kappa shape index (κ1) is 16.1. The molecular formula is C15H26N2O4. The van der Waals surface area contributed by atoms with Crippen molar-refractivity contribution in [3.63, 3.8) is 0 Å². The topological polar surface area (TPSA) is 87.7 Å². The highest BCUT2D eigenvalue weighted by atomic mass is 16.5. The van der Waals surface area contributed by atoms with Crippen LogP contribution in [0.2, 0.25) is 0 Å². The molecule has 1 heterocycles. The molecule has 120 valence electrons. The summed E-state index contributed by atoms with van der Waals surface area (Å²) in [5.74, 6) is -0.857. The summed E-state index contributed by atoms with van der Waals surface area (Å²) in [5, 5.41) is 15.0. The van der Waals surface area contributed by atoms with Crippen LogP contribution in [0.25, 0.3) is 0 Å². The number of carbonyl (C=O) groups is 2. The third-order valence-electron chi connectivity index (χ3n) is 4.46. The molecule has 6 nitrogen and oxygen atoms in total. The maximum atomic E-state index is 12.2. The van der Waals surface area contributed by atoms with Crippen LogP contribution >= 0.6 is 0 Å². The van der Waals surface area contributed by atoms with E-state index in [-0.39, 0.29) is 24.1 Å². The second-order valence-corrected chi connectivity index (χ2v) is 6.95. The van der Waals surface area contributed by atoms with E-state index < -0.39 is 11.5 Å². The fourth-order valence-corrected chi connectivity index (χ4v) is 3.50. The first-order valence-electron chi connectivity index (χ1n) is 7.75. The standard InChI is InChI=1S/C15H26N2O4/c1-14(2)9-11(5-8-21-14)16-13(20)17-15(10-12(18)19)6-3-4-7-15/h11H,3-10H2,1-2H3,(H,18,19)(H2,16,17,20). The highest BCUT2D eigenvalue weighted by Crippen LogP contribution is 2.32. The minimum Gasteiger partial charge on any atom is -0.481 e. The smallest absolute Gasteiger partial charge is 0.315 e. The molecule has 0 spiro atoms. The van der Waals surface area contributed by atoms with Crippen molar-refractivity contribution in [2.24, 2.45) is 0 Å². The van der Waals surface area contributed by atoms with E-state index in [9.17, 15) is 9.59 Å². The second kappa shape index (κ2) is 6.22. The minimum absolute atomic E-state index is 0.000307. The molecule has 0 aromatic carbocycles. The minimum atomic E-state index is -0.857. The van der Waals surface area contributed by atoms with Gasteiger partial charge in [-0.2, -0.15) is 0 Å². The molecule has 21 heavy (non-hydrogen) atoms. The number of carboxylic acid groups (broad SMARTS) is 1. The maximum absolute atomic E-state index is 12.2. The average Bonchev–Trinajstić information content (AvgIpc) is 2.74. The summed E-state index contributed by atoms with van der Waals surface area (Å²) in [7, 11) is 0. The molecule has 1 unspecified atom stereocenters. The van der Waals surface area contributed by atoms with Gasteiger partial charge in [0.2, 0.25) is 0 Å². The lowest BCUT2D eigenvalue weighted by molar-refractivity contribution is -0.138. The molecule has 0 radical (unpaired) electrons. The summed E-state index contributed by atoms with van der Waals surface area (Å²) in [6.45, 7) is 4.67. The van der Waals surface area contributed by atoms with Crippen molar-refractivity contribution in [1.29, 1.82) is 0 Å². The Morgan fingerprint density at radius 3 is 2.52 bits per heavy atom. The Bertz CT molecular complexity index is 402. The SMILES string of the molecule is CC1(C)CC(NC(=O)NC2(CC(=O)O)CCCC2)CCO1. The molecule has 2 amide bonds. The second-order valence-electron chi connectivity index (χ2n) is 6.95. The summed E-state index contributed by atoms with van der Waals surface area (Å²) >= 11 is 0. The lowest BCUT2D eigenvalue weighted by atomic mass is 9.93. The van der Waals surface area contributed by atoms with Gasteiger partial charge in [0.1, 0.15) is 0 Å². The molecule has 3 N–H and O–H groups in total. The molecule has 0 aromatic heterocycles. The molecule has 0 bridgehead atoms. The van der Waals surface area contributed by atoms with E-state index in [1.54, 1.807) is 0 Å². The van der Waals surface area contributed by atoms with Crippen molar-refractivity contribution in [2.75, 3.05) is 6.61 Å². The van der Waals surface area contributed by atoms with E-state index >= 15 is 0 Å². The fourth-order valence-electron chi connectivity index (χ4n) is 3.50. The van der Waals surface area contributed by atoms with Gasteiger partial charge in [0.25, 0.3) is 0 Å². The molecule has 1 aliphatic carbocycles. The van der Waals surface area contributed by atoms with Crippen LogP contribution in [0, 0.1) is 0 Å². The van der Waals surface area contributed by atoms with Gasteiger partial charge in [0.05, 0.1) is 17.6 Å². The average molecular weight is 298 g/mol. The lowest BCUT2D eigenvalue weighted by Crippen LogP contribution is -2.55. The number of carbonyl (C=O) groups excluding carboxylic acids is 1. The first-order valence-corrected chi connectivity index (χ1v) is 7.75. The Morgan fingerprint density at radius 2 is 1.95 bits per heavy atom. The molecular weight excluding hydrogens is 272 g/mol. The third kappa shape index (κ3) is 4.59. The Labute approximate surface area is 125 Å². The Balaban J connectivity index is 1.89. The van der Waals surface area contributed by atoms with Crippen molar-refractivity contribution >= 4 is 12.0 Å². The number of urea groups is 1. The van der Waals surface area contributed by atoms with E-state index in [1.165, 1.54) is 0 Å². The number of nitrogens with one attached hydrogen (secondary N) is 2. The van der Waals surface area contributed by atoms with Crippen LogP contribution in [0.1, 0.15) is 58.8 Å². The number of ether oxygens (including phenoxy) is 1. The monoisotopic (exact) mass is 298 g/mol. The van der Waals surface area contributed by atoms with E-state index in [1.807, 2.05) is 13.8 Å². The van der Waals surface area contributed by atoms with Gasteiger partial charge in [-0.25, -0.2) is 4.79 Å². The Hall–Kier alpha value is -1.30. The van der Waals surface area contributed by atoms with Gasteiger partial charge in [0, 0.05) is 12.6 Å². The number of carboxylic acids is 1. The van der Waals surface area contributed by atoms with Crippen LogP contribution in [-0.4, -0.2) is 40.9 Å². The first-order chi connectivity index (χ1) is 9.80. The molecule has 0 aromatic rings. The van der Waals surface area contributed by atoms with Crippen LogP contribution in [0.5, 0.6) is 0 Å². The molecule has 1 saturated carbocycles. The van der Waals surface area contributed by atoms with Crippen LogP contribution in [0.3, 0.4) is 0 Å². The highest BCUT2D eigenvalue weighted by molar-refractivity contribution is 5.77. The van der Waals surface area contributed by atoms with Gasteiger partial charge < -0.3 is 20.5 Å². The molecule has 1 atom stereocenters. The predicted octanol–water partition coefficient (Wildman–Crippen LogP) is 2.03. The van der Waals surface area contributed by atoms with Gasteiger partial charge in [-0.05, 0) is 39.5 Å². The zero-order valence-corrected chi connectivity index (χ0v) is 12.9. The molecule has 2 rings (SSSR count). The van der Waals surface area contributed by atoms with Gasteiger partial charge in [-0.1, -0.05) is 12.8 Å². The van der Waals surface area contributed by atoms with Crippen molar-refractivity contribution in [3.8, 4) is 0 Å². The molecule has 6 heteroatoms. The third-order valence-corrected chi connectivity index (χ3v) is 4.46. The number of amides is 2. The van der Waals surface area contributed by atoms with Crippen LogP contribution < -0.4 is 10.6 Å². The van der Waals surface area contributed by atoms with Gasteiger partial charge in [-0.3, -0.25) is 4.79 Å². The van der Waals surface area contributed by atoms with Crippen molar-refractivity contribution in [2.45, 2.75) is 76.0 Å². The largest absolute Gasteiger partial charge is 0.481 e. The van der Waals surface area contributed by atoms with E-state index in [0.717, 1.165) is 38.5 Å². The maximum Gasteiger partial charge on any atom is 0.315 e. The van der Waals surface area contributed by atoms with E-state index in [2.05, 4.69) is 10.6 Å². The van der Waals surface area contributed by atoms with Gasteiger partial charge in [-0.15, -0.1) is 0 Å². The molecule has 1 aliphatic heterocycles. The van der Waals surface area contributed by atoms with Crippen molar-refractivity contribution < 1.29 is 19.4 Å². The van der Waals surface area contributed by atoms with E-state index in [4.69, 9.17) is 9.84 Å². The number of hydrogen-bond donors (Lipinski definition) is 3. The summed E-state index contributed by atoms with van der Waals surface area (Å²) in [4.78, 5) is 23.2. The summed E-state index contributed by atoms with van der Waals surface area (Å²) < 4.78 is 5.63. The number of hydrogen-bond acceptors (Lipinski definition) is 3. The Kier molecular flexibility index (Phi) is 4.76. The van der Waals surface area contributed by atoms with Gasteiger partial charge >= 0.3 is 12.0 Å². The number of rotatable bonds is 4. The van der Waals surface area contributed by atoms with Crippen LogP contribution in [0.4, 0.5) is 4.79 Å². The zero-order valence-electron chi connectivity index (χ0n) is 12.9. The normalized spacial score (nSPS) is 27.0. The molecule has 2 aliphatic rings. The fraction of sp³-hybridized carbons (Fsp3) is 0.867. The van der Waals surface area contributed by atoms with Crippen molar-refractivity contribution in [1.82, 2.24) is 10.6 Å². The summed E-state index contributed by atoms with van der Waals surface area (Å²) in [6, 6.07) is -0.169. The quantitative estimate of drug-likeness (QED) is 0.741. The summed E-state index contributed by atoms with van der Waals surface area (Å²) in [5.41, 5.74) is -0.793. The van der Waals surface area contributed by atoms with Gasteiger partial charge in [0.15, 0.2) is 0 Å². The van der Waals surface area contributed by atoms with Crippen LogP contribution in [0.15, 0.2) is 0 Å². The lowest BCUT2D eigenvalue weighted by Gasteiger charge is -2.37. The van der Waals surface area contributed by atoms with E-state index in [0.29, 0.717) is 6.61 Å². The summed E-state index contributed by atoms with van der Waals surface area (Å²) in [6.07, 6.45) is 4.99. The van der Waals surface area contributed by atoms with Crippen LogP contribution in [-0.2, 0) is 9.53 Å². The predicted molar refractivity (Wildman–Crippen MR) is 78.2 cm³/mol. The highest BCUT2D eigenvalue weighted by Gasteiger charge is 2.38. The zero-order chi connectivity index (χ0) is 15.5. The molecule has 2 fully saturated rings.